The van der Waals surface area contributed by atoms with Crippen molar-refractivity contribution in [3.05, 3.63) is 42.0 Å². The zero-order valence-corrected chi connectivity index (χ0v) is 13.3. The van der Waals surface area contributed by atoms with E-state index in [9.17, 15) is 0 Å². The fraction of sp³-hybridized carbons (Fsp3) is 0.474. The molecule has 2 aromatic carbocycles. The van der Waals surface area contributed by atoms with E-state index in [4.69, 9.17) is 10.5 Å². The van der Waals surface area contributed by atoms with Gasteiger partial charge in [0.25, 0.3) is 0 Å². The maximum Gasteiger partial charge on any atom is 0.124 e. The van der Waals surface area contributed by atoms with Gasteiger partial charge in [0.15, 0.2) is 0 Å². The van der Waals surface area contributed by atoms with Crippen molar-refractivity contribution >= 4 is 10.8 Å². The summed E-state index contributed by atoms with van der Waals surface area (Å²) < 4.78 is 6.02. The number of likely N-dealkylation sites (tertiary alicyclic amines) is 1. The molecular formula is C19H26N2O. The van der Waals surface area contributed by atoms with Gasteiger partial charge in [0.1, 0.15) is 5.75 Å². The second-order valence-electron chi connectivity index (χ2n) is 6.12. The molecule has 0 amide bonds. The van der Waals surface area contributed by atoms with Gasteiger partial charge in [0, 0.05) is 18.7 Å². The van der Waals surface area contributed by atoms with E-state index in [-0.39, 0.29) is 0 Å². The Bertz CT molecular complexity index is 605. The largest absolute Gasteiger partial charge is 0.493 e. The molecular weight excluding hydrogens is 272 g/mol. The number of ether oxygens (including phenoxy) is 1. The molecule has 118 valence electrons. The monoisotopic (exact) mass is 298 g/mol. The first-order valence-corrected chi connectivity index (χ1v) is 8.44. The van der Waals surface area contributed by atoms with Crippen molar-refractivity contribution in [3.8, 4) is 5.75 Å². The summed E-state index contributed by atoms with van der Waals surface area (Å²) in [5.74, 6) is 0.944. The van der Waals surface area contributed by atoms with Crippen LogP contribution >= 0.6 is 0 Å². The molecule has 0 aliphatic carbocycles. The van der Waals surface area contributed by atoms with E-state index in [0.29, 0.717) is 6.54 Å². The van der Waals surface area contributed by atoms with Crippen LogP contribution in [0.4, 0.5) is 0 Å². The van der Waals surface area contributed by atoms with Gasteiger partial charge < -0.3 is 15.4 Å². The minimum atomic E-state index is 0.520. The molecule has 0 saturated carbocycles. The fourth-order valence-electron chi connectivity index (χ4n) is 3.21. The summed E-state index contributed by atoms with van der Waals surface area (Å²) in [5.41, 5.74) is 6.97. The highest BCUT2D eigenvalue weighted by molar-refractivity contribution is 5.84. The smallest absolute Gasteiger partial charge is 0.124 e. The maximum atomic E-state index is 6.02. The third-order valence-corrected chi connectivity index (χ3v) is 4.47. The summed E-state index contributed by atoms with van der Waals surface area (Å²) in [6.07, 6.45) is 5.17. The van der Waals surface area contributed by atoms with Crippen LogP contribution in [-0.4, -0.2) is 31.1 Å². The highest BCUT2D eigenvalue weighted by atomic mass is 16.5. The van der Waals surface area contributed by atoms with E-state index >= 15 is 0 Å². The first kappa shape index (κ1) is 15.3. The number of benzene rings is 2. The molecule has 3 heteroatoms. The van der Waals surface area contributed by atoms with Crippen LogP contribution in [-0.2, 0) is 6.54 Å². The normalized spacial score (nSPS) is 16.0. The summed E-state index contributed by atoms with van der Waals surface area (Å²) in [6, 6.07) is 12.6. The van der Waals surface area contributed by atoms with E-state index in [0.717, 1.165) is 30.9 Å². The Morgan fingerprint density at radius 3 is 2.45 bits per heavy atom. The van der Waals surface area contributed by atoms with Gasteiger partial charge in [0.05, 0.1) is 6.61 Å². The topological polar surface area (TPSA) is 38.5 Å². The molecule has 0 atom stereocenters. The summed E-state index contributed by atoms with van der Waals surface area (Å²) in [6.45, 7) is 4.94. The maximum absolute atomic E-state index is 6.02. The number of hydrogen-bond donors (Lipinski definition) is 1. The molecule has 1 aliphatic heterocycles. The Morgan fingerprint density at radius 2 is 1.73 bits per heavy atom. The summed E-state index contributed by atoms with van der Waals surface area (Å²) in [5, 5.41) is 2.44. The number of nitrogens with two attached hydrogens (primary N) is 1. The third kappa shape index (κ3) is 3.79. The van der Waals surface area contributed by atoms with Crippen molar-refractivity contribution in [1.82, 2.24) is 4.90 Å². The van der Waals surface area contributed by atoms with E-state index in [1.165, 1.54) is 43.1 Å². The van der Waals surface area contributed by atoms with Crippen molar-refractivity contribution in [1.29, 1.82) is 0 Å². The molecule has 1 heterocycles. The van der Waals surface area contributed by atoms with Crippen LogP contribution in [0.1, 0.15) is 31.2 Å². The minimum Gasteiger partial charge on any atom is -0.493 e. The van der Waals surface area contributed by atoms with E-state index < -0.39 is 0 Å². The number of fused-ring (bicyclic) bond motifs is 1. The lowest BCUT2D eigenvalue weighted by Gasteiger charge is -2.26. The zero-order chi connectivity index (χ0) is 15.2. The standard InChI is InChI=1S/C19H26N2O/c20-15-18-13-16-7-2-3-8-17(16)14-19(18)22-12-6-11-21-9-4-1-5-10-21/h2-3,7-8,13-14H,1,4-6,9-12,15,20H2. The molecule has 2 aromatic rings. The number of nitrogens with zero attached hydrogens (tertiary/aromatic N) is 1. The molecule has 3 rings (SSSR count). The van der Waals surface area contributed by atoms with Crippen LogP contribution in [0.3, 0.4) is 0 Å². The lowest BCUT2D eigenvalue weighted by molar-refractivity contribution is 0.204. The molecule has 0 unspecified atom stereocenters. The highest BCUT2D eigenvalue weighted by Gasteiger charge is 2.10. The highest BCUT2D eigenvalue weighted by Crippen LogP contribution is 2.26. The van der Waals surface area contributed by atoms with E-state index in [2.05, 4.69) is 41.3 Å². The van der Waals surface area contributed by atoms with Gasteiger partial charge in [-0.15, -0.1) is 0 Å². The summed E-state index contributed by atoms with van der Waals surface area (Å²) >= 11 is 0. The van der Waals surface area contributed by atoms with Gasteiger partial charge in [0.2, 0.25) is 0 Å². The van der Waals surface area contributed by atoms with Gasteiger partial charge >= 0.3 is 0 Å². The van der Waals surface area contributed by atoms with E-state index in [1.54, 1.807) is 0 Å². The SMILES string of the molecule is NCc1cc2ccccc2cc1OCCCN1CCCCC1. The zero-order valence-electron chi connectivity index (χ0n) is 13.3. The van der Waals surface area contributed by atoms with Gasteiger partial charge in [-0.05, 0) is 55.3 Å². The van der Waals surface area contributed by atoms with Gasteiger partial charge in [-0.1, -0.05) is 30.7 Å². The average molecular weight is 298 g/mol. The van der Waals surface area contributed by atoms with Crippen LogP contribution < -0.4 is 10.5 Å². The molecule has 0 bridgehead atoms. The first-order valence-electron chi connectivity index (χ1n) is 8.44. The number of piperidine rings is 1. The van der Waals surface area contributed by atoms with Gasteiger partial charge in [-0.25, -0.2) is 0 Å². The van der Waals surface area contributed by atoms with E-state index in [1.807, 2.05) is 0 Å². The van der Waals surface area contributed by atoms with Crippen LogP contribution in [0.25, 0.3) is 10.8 Å². The third-order valence-electron chi connectivity index (χ3n) is 4.47. The lowest BCUT2D eigenvalue weighted by Crippen LogP contribution is -2.31. The molecule has 1 fully saturated rings. The van der Waals surface area contributed by atoms with Crippen LogP contribution in [0.15, 0.2) is 36.4 Å². The van der Waals surface area contributed by atoms with Crippen molar-refractivity contribution in [2.75, 3.05) is 26.2 Å². The fourth-order valence-corrected chi connectivity index (χ4v) is 3.21. The minimum absolute atomic E-state index is 0.520. The van der Waals surface area contributed by atoms with Gasteiger partial charge in [-0.2, -0.15) is 0 Å². The number of hydrogen-bond acceptors (Lipinski definition) is 3. The summed E-state index contributed by atoms with van der Waals surface area (Å²) in [4.78, 5) is 2.55. The van der Waals surface area contributed by atoms with Gasteiger partial charge in [-0.3, -0.25) is 0 Å². The second kappa shape index (κ2) is 7.61. The van der Waals surface area contributed by atoms with Crippen molar-refractivity contribution in [2.24, 2.45) is 5.73 Å². The average Bonchev–Trinajstić information content (AvgIpc) is 2.59. The molecule has 1 aliphatic rings. The van der Waals surface area contributed by atoms with Crippen LogP contribution in [0.5, 0.6) is 5.75 Å². The Labute approximate surface area is 133 Å². The molecule has 2 N–H and O–H groups in total. The Hall–Kier alpha value is -1.58. The van der Waals surface area contributed by atoms with Crippen LogP contribution in [0.2, 0.25) is 0 Å². The predicted octanol–water partition coefficient (Wildman–Crippen LogP) is 3.55. The molecule has 0 aromatic heterocycles. The molecule has 3 nitrogen and oxygen atoms in total. The van der Waals surface area contributed by atoms with Crippen molar-refractivity contribution < 1.29 is 4.74 Å². The number of rotatable bonds is 6. The molecule has 1 saturated heterocycles. The first-order chi connectivity index (χ1) is 10.9. The molecule has 0 spiro atoms. The Morgan fingerprint density at radius 1 is 1.00 bits per heavy atom. The Balaban J connectivity index is 1.58. The lowest BCUT2D eigenvalue weighted by atomic mass is 10.1. The predicted molar refractivity (Wildman–Crippen MR) is 92.2 cm³/mol. The molecule has 22 heavy (non-hydrogen) atoms. The molecule has 0 radical (unpaired) electrons. The quantitative estimate of drug-likeness (QED) is 0.829. The van der Waals surface area contributed by atoms with Crippen LogP contribution in [0, 0.1) is 0 Å². The Kier molecular flexibility index (Phi) is 5.30. The van der Waals surface area contributed by atoms with Crippen molar-refractivity contribution in [2.45, 2.75) is 32.2 Å². The summed E-state index contributed by atoms with van der Waals surface area (Å²) in [7, 11) is 0. The second-order valence-corrected chi connectivity index (χ2v) is 6.12. The van der Waals surface area contributed by atoms with Crippen molar-refractivity contribution in [3.63, 3.8) is 0 Å².